The van der Waals surface area contributed by atoms with Crippen LogP contribution in [-0.4, -0.2) is 28.0 Å². The van der Waals surface area contributed by atoms with Gasteiger partial charge in [0.15, 0.2) is 0 Å². The summed E-state index contributed by atoms with van der Waals surface area (Å²) in [5.41, 5.74) is -1.55. The quantitative estimate of drug-likeness (QED) is 0.561. The second-order valence-corrected chi connectivity index (χ2v) is 9.26. The highest BCUT2D eigenvalue weighted by Crippen LogP contribution is 2.39. The lowest BCUT2D eigenvalue weighted by Crippen LogP contribution is -2.37. The Bertz CT molecular complexity index is 1210. The lowest BCUT2D eigenvalue weighted by atomic mass is 10.1. The van der Waals surface area contributed by atoms with Gasteiger partial charge in [-0.1, -0.05) is 48.9 Å². The number of sulfonamides is 1. The summed E-state index contributed by atoms with van der Waals surface area (Å²) in [4.78, 5) is 0. The normalized spacial score (nSPS) is 14.8. The molecule has 1 aliphatic rings. The minimum absolute atomic E-state index is 0.304. The number of aryl methyl sites for hydroxylation is 1. The van der Waals surface area contributed by atoms with Gasteiger partial charge in [-0.25, -0.2) is 13.1 Å². The summed E-state index contributed by atoms with van der Waals surface area (Å²) in [6.45, 7) is 1.16. The van der Waals surface area contributed by atoms with Crippen molar-refractivity contribution < 1.29 is 21.6 Å². The predicted octanol–water partition coefficient (Wildman–Crippen LogP) is 4.92. The average molecular weight is 456 g/mol. The van der Waals surface area contributed by atoms with E-state index in [0.29, 0.717) is 31.8 Å². The van der Waals surface area contributed by atoms with E-state index >= 15 is 0 Å². The zero-order valence-corrected chi connectivity index (χ0v) is 17.4. The fourth-order valence-electron chi connectivity index (χ4n) is 3.60. The molecular formula is C20H17ClF3N3O2S. The van der Waals surface area contributed by atoms with Crippen molar-refractivity contribution in [2.75, 3.05) is 0 Å². The van der Waals surface area contributed by atoms with Crippen LogP contribution in [0.25, 0.3) is 16.9 Å². The van der Waals surface area contributed by atoms with Gasteiger partial charge in [-0.3, -0.25) is 0 Å². The summed E-state index contributed by atoms with van der Waals surface area (Å²) in [6.07, 6.45) is 0.731. The van der Waals surface area contributed by atoms with Gasteiger partial charge in [0.1, 0.15) is 0 Å². The van der Waals surface area contributed by atoms with E-state index < -0.39 is 28.6 Å². The molecule has 0 amide bonds. The smallest absolute Gasteiger partial charge is 0.232 e. The number of fused-ring (bicyclic) bond motifs is 1. The maximum atomic E-state index is 13.1. The van der Waals surface area contributed by atoms with Gasteiger partial charge in [0.05, 0.1) is 23.6 Å². The van der Waals surface area contributed by atoms with Gasteiger partial charge < -0.3 is 0 Å². The largest absolute Gasteiger partial charge is 0.511 e. The molecule has 0 radical (unpaired) electrons. The SMILES string of the molecule is CCc1ccccc1-n1nc2c(c1-c1ccc(Cl)cc1)CN(S(=O)(=O)C(F)(F)F)C2. The molecule has 5 nitrogen and oxygen atoms in total. The summed E-state index contributed by atoms with van der Waals surface area (Å²) in [6, 6.07) is 14.4. The highest BCUT2D eigenvalue weighted by molar-refractivity contribution is 7.89. The van der Waals surface area contributed by atoms with E-state index in [1.807, 2.05) is 31.2 Å². The van der Waals surface area contributed by atoms with Gasteiger partial charge in [-0.2, -0.15) is 22.6 Å². The molecular weight excluding hydrogens is 439 g/mol. The third-order valence-electron chi connectivity index (χ3n) is 5.08. The molecule has 158 valence electrons. The number of nitrogens with zero attached hydrogens (tertiary/aromatic N) is 3. The number of hydrogen-bond donors (Lipinski definition) is 0. The summed E-state index contributed by atoms with van der Waals surface area (Å²) in [7, 11) is -5.45. The maximum Gasteiger partial charge on any atom is 0.511 e. The van der Waals surface area contributed by atoms with Crippen molar-refractivity contribution in [3.05, 3.63) is 70.4 Å². The minimum atomic E-state index is -5.45. The molecule has 0 saturated carbocycles. The van der Waals surface area contributed by atoms with Crippen molar-refractivity contribution in [2.45, 2.75) is 31.9 Å². The number of halogens is 4. The Labute approximate surface area is 176 Å². The van der Waals surface area contributed by atoms with E-state index in [2.05, 4.69) is 5.10 Å². The molecule has 0 saturated heterocycles. The van der Waals surface area contributed by atoms with Crippen LogP contribution >= 0.6 is 11.6 Å². The van der Waals surface area contributed by atoms with Crippen LogP contribution in [0.3, 0.4) is 0 Å². The van der Waals surface area contributed by atoms with Crippen LogP contribution in [0.1, 0.15) is 23.7 Å². The molecule has 0 N–H and O–H groups in total. The van der Waals surface area contributed by atoms with Gasteiger partial charge in [0, 0.05) is 22.7 Å². The van der Waals surface area contributed by atoms with Gasteiger partial charge in [-0.05, 0) is 30.2 Å². The first kappa shape index (κ1) is 20.9. The van der Waals surface area contributed by atoms with E-state index in [-0.39, 0.29) is 0 Å². The summed E-state index contributed by atoms with van der Waals surface area (Å²) < 4.78 is 65.1. The zero-order valence-electron chi connectivity index (χ0n) is 15.8. The first-order valence-corrected chi connectivity index (χ1v) is 11.0. The Morgan fingerprint density at radius 2 is 1.73 bits per heavy atom. The molecule has 1 aromatic heterocycles. The summed E-state index contributed by atoms with van der Waals surface area (Å²) in [5.74, 6) is 0. The molecule has 10 heteroatoms. The van der Waals surface area contributed by atoms with Crippen molar-refractivity contribution in [3.63, 3.8) is 0 Å². The Kier molecular flexibility index (Phi) is 5.16. The number of hydrogen-bond acceptors (Lipinski definition) is 3. The third kappa shape index (κ3) is 3.40. The van der Waals surface area contributed by atoms with Crippen LogP contribution in [0.5, 0.6) is 0 Å². The van der Waals surface area contributed by atoms with Gasteiger partial charge >= 0.3 is 15.5 Å². The van der Waals surface area contributed by atoms with Crippen molar-refractivity contribution in [3.8, 4) is 16.9 Å². The third-order valence-corrected chi connectivity index (χ3v) is 6.85. The van der Waals surface area contributed by atoms with Gasteiger partial charge in [0.25, 0.3) is 0 Å². The Morgan fingerprint density at radius 1 is 1.07 bits per heavy atom. The highest BCUT2D eigenvalue weighted by atomic mass is 35.5. The molecule has 4 rings (SSSR count). The fourth-order valence-corrected chi connectivity index (χ4v) is 4.61. The molecule has 0 spiro atoms. The van der Waals surface area contributed by atoms with Crippen LogP contribution in [0.4, 0.5) is 13.2 Å². The number of benzene rings is 2. The van der Waals surface area contributed by atoms with E-state index in [1.165, 1.54) is 0 Å². The zero-order chi connectivity index (χ0) is 21.7. The van der Waals surface area contributed by atoms with Crippen molar-refractivity contribution in [2.24, 2.45) is 0 Å². The number of aromatic nitrogens is 2. The lowest BCUT2D eigenvalue weighted by molar-refractivity contribution is -0.0490. The number of alkyl halides is 3. The fraction of sp³-hybridized carbons (Fsp3) is 0.250. The summed E-state index contributed by atoms with van der Waals surface area (Å²) >= 11 is 5.99. The molecule has 0 fully saturated rings. The van der Waals surface area contributed by atoms with E-state index in [1.54, 1.807) is 28.9 Å². The molecule has 30 heavy (non-hydrogen) atoms. The minimum Gasteiger partial charge on any atom is -0.232 e. The highest BCUT2D eigenvalue weighted by Gasteiger charge is 2.52. The monoisotopic (exact) mass is 455 g/mol. The number of para-hydroxylation sites is 1. The van der Waals surface area contributed by atoms with Crippen LogP contribution in [0, 0.1) is 0 Å². The van der Waals surface area contributed by atoms with Crippen molar-refractivity contribution in [1.82, 2.24) is 14.1 Å². The molecule has 2 heterocycles. The predicted molar refractivity (Wildman–Crippen MR) is 108 cm³/mol. The molecule has 1 aliphatic heterocycles. The average Bonchev–Trinajstić information content (AvgIpc) is 3.26. The molecule has 0 atom stereocenters. The van der Waals surface area contributed by atoms with Crippen LogP contribution < -0.4 is 0 Å². The van der Waals surface area contributed by atoms with E-state index in [0.717, 1.165) is 17.7 Å². The molecule has 3 aromatic rings. The first-order chi connectivity index (χ1) is 14.1. The van der Waals surface area contributed by atoms with E-state index in [9.17, 15) is 21.6 Å². The van der Waals surface area contributed by atoms with Gasteiger partial charge in [-0.15, -0.1) is 0 Å². The maximum absolute atomic E-state index is 13.1. The standard InChI is InChI=1S/C20H17ClF3N3O2S/c1-2-13-5-3-4-6-18(13)27-19(14-7-9-15(21)10-8-14)16-11-26(12-17(16)25-27)30(28,29)20(22,23)24/h3-10H,2,11-12H2,1H3. The summed E-state index contributed by atoms with van der Waals surface area (Å²) in [5, 5.41) is 5.04. The van der Waals surface area contributed by atoms with Gasteiger partial charge in [0.2, 0.25) is 0 Å². The Hall–Kier alpha value is -2.36. The molecule has 2 aromatic carbocycles. The first-order valence-electron chi connectivity index (χ1n) is 9.15. The topological polar surface area (TPSA) is 55.2 Å². The van der Waals surface area contributed by atoms with Crippen LogP contribution in [0.15, 0.2) is 48.5 Å². The number of rotatable bonds is 4. The Morgan fingerprint density at radius 3 is 2.37 bits per heavy atom. The second-order valence-electron chi connectivity index (χ2n) is 6.89. The van der Waals surface area contributed by atoms with Crippen molar-refractivity contribution in [1.29, 1.82) is 0 Å². The molecule has 0 aliphatic carbocycles. The molecule has 0 bridgehead atoms. The van der Waals surface area contributed by atoms with E-state index in [4.69, 9.17) is 11.6 Å². The van der Waals surface area contributed by atoms with Crippen LogP contribution in [-0.2, 0) is 29.5 Å². The Balaban J connectivity index is 1.89. The lowest BCUT2D eigenvalue weighted by Gasteiger charge is -2.19. The van der Waals surface area contributed by atoms with Crippen molar-refractivity contribution >= 4 is 21.6 Å². The van der Waals surface area contributed by atoms with Crippen LogP contribution in [0.2, 0.25) is 5.02 Å². The molecule has 0 unspecified atom stereocenters. The second kappa shape index (κ2) is 7.40.